The van der Waals surface area contributed by atoms with Crippen LogP contribution in [0.2, 0.25) is 0 Å². The van der Waals surface area contributed by atoms with Gasteiger partial charge >= 0.3 is 0 Å². The first-order valence-electron chi connectivity index (χ1n) is 10.1. The number of rotatable bonds is 9. The molecule has 1 aromatic carbocycles. The van der Waals surface area contributed by atoms with Gasteiger partial charge in [-0.05, 0) is 44.2 Å². The van der Waals surface area contributed by atoms with Crippen molar-refractivity contribution in [2.24, 2.45) is 5.92 Å². The Hall–Kier alpha value is -0.880. The van der Waals surface area contributed by atoms with Gasteiger partial charge in [0.15, 0.2) is 0 Å². The molecule has 0 spiro atoms. The standard InChI is InChI=1S/C22H35O2P/c1-17-15-18(2)21(19(3)16-17)22(23)25(24)14-10-5-4-7-11-20-12-8-6-9-13-20/h15-16,20,25H,4-14H2,1-3H3. The highest BCUT2D eigenvalue weighted by atomic mass is 31.1. The third-order valence-corrected chi connectivity index (χ3v) is 7.21. The highest BCUT2D eigenvalue weighted by Gasteiger charge is 2.18. The number of carbonyl (C=O) groups is 1. The van der Waals surface area contributed by atoms with Crippen LogP contribution in [-0.4, -0.2) is 11.7 Å². The summed E-state index contributed by atoms with van der Waals surface area (Å²) in [6.45, 7) is 5.94. The average Bonchev–Trinajstić information content (AvgIpc) is 2.57. The normalized spacial score (nSPS) is 16.8. The van der Waals surface area contributed by atoms with E-state index in [4.69, 9.17) is 0 Å². The highest BCUT2D eigenvalue weighted by Crippen LogP contribution is 2.32. The number of benzene rings is 1. The van der Waals surface area contributed by atoms with Crippen LogP contribution in [0.3, 0.4) is 0 Å². The fraction of sp³-hybridized carbons (Fsp3) is 0.682. The fourth-order valence-corrected chi connectivity index (χ4v) is 5.81. The third-order valence-electron chi connectivity index (χ3n) is 5.65. The molecule has 1 aliphatic carbocycles. The lowest BCUT2D eigenvalue weighted by atomic mass is 9.85. The molecule has 0 saturated heterocycles. The molecule has 0 N–H and O–H groups in total. The molecule has 1 fully saturated rings. The molecule has 1 saturated carbocycles. The Kier molecular flexibility index (Phi) is 8.43. The zero-order valence-electron chi connectivity index (χ0n) is 16.3. The maximum Gasteiger partial charge on any atom is 0.219 e. The van der Waals surface area contributed by atoms with Crippen molar-refractivity contribution in [1.29, 1.82) is 0 Å². The first-order chi connectivity index (χ1) is 12.0. The van der Waals surface area contributed by atoms with Crippen LogP contribution in [-0.2, 0) is 4.57 Å². The molecule has 2 nitrogen and oxygen atoms in total. The van der Waals surface area contributed by atoms with Gasteiger partial charge < -0.3 is 4.57 Å². The van der Waals surface area contributed by atoms with E-state index < -0.39 is 7.80 Å². The lowest BCUT2D eigenvalue weighted by Gasteiger charge is -2.21. The summed E-state index contributed by atoms with van der Waals surface area (Å²) < 4.78 is 12.4. The minimum absolute atomic E-state index is 0.109. The smallest absolute Gasteiger partial charge is 0.219 e. The second-order valence-electron chi connectivity index (χ2n) is 7.98. The van der Waals surface area contributed by atoms with E-state index in [1.807, 2.05) is 32.9 Å². The molecule has 0 aliphatic heterocycles. The molecular formula is C22H35O2P. The van der Waals surface area contributed by atoms with Crippen LogP contribution in [0.15, 0.2) is 12.1 Å². The molecule has 1 aliphatic rings. The Morgan fingerprint density at radius 3 is 2.20 bits per heavy atom. The summed E-state index contributed by atoms with van der Waals surface area (Å²) in [4.78, 5) is 12.6. The topological polar surface area (TPSA) is 34.1 Å². The van der Waals surface area contributed by atoms with E-state index in [2.05, 4.69) is 0 Å². The molecule has 0 amide bonds. The molecule has 2 rings (SSSR count). The molecule has 0 heterocycles. The maximum absolute atomic E-state index is 12.6. The molecule has 0 bridgehead atoms. The molecule has 1 atom stereocenters. The van der Waals surface area contributed by atoms with E-state index in [0.717, 1.165) is 35.4 Å². The summed E-state index contributed by atoms with van der Waals surface area (Å²) in [5.41, 5.74) is 3.68. The average molecular weight is 362 g/mol. The SMILES string of the molecule is Cc1cc(C)c(C(=O)[PH](=O)CCCCCCC2CCCCC2)c(C)c1. The van der Waals surface area contributed by atoms with Gasteiger partial charge in [-0.3, -0.25) is 4.79 Å². The zero-order chi connectivity index (χ0) is 18.2. The predicted octanol–water partition coefficient (Wildman–Crippen LogP) is 6.84. The van der Waals surface area contributed by atoms with Crippen molar-refractivity contribution in [2.75, 3.05) is 6.16 Å². The molecule has 0 radical (unpaired) electrons. The highest BCUT2D eigenvalue weighted by molar-refractivity contribution is 7.64. The summed E-state index contributed by atoms with van der Waals surface area (Å²) >= 11 is 0. The molecular weight excluding hydrogens is 327 g/mol. The van der Waals surface area contributed by atoms with Gasteiger partial charge in [0.2, 0.25) is 5.52 Å². The summed E-state index contributed by atoms with van der Waals surface area (Å²) in [5.74, 6) is 0.960. The van der Waals surface area contributed by atoms with Crippen LogP contribution in [0, 0.1) is 26.7 Å². The largest absolute Gasteiger partial charge is 0.318 e. The summed E-state index contributed by atoms with van der Waals surface area (Å²) in [6.07, 6.45) is 13.7. The summed E-state index contributed by atoms with van der Waals surface area (Å²) in [6, 6.07) is 4.03. The maximum atomic E-state index is 12.6. The van der Waals surface area contributed by atoms with Gasteiger partial charge in [0.1, 0.15) is 7.80 Å². The quantitative estimate of drug-likeness (QED) is 0.356. The number of hydrogen-bond acceptors (Lipinski definition) is 2. The van der Waals surface area contributed by atoms with Crippen molar-refractivity contribution in [3.05, 3.63) is 34.4 Å². The monoisotopic (exact) mass is 362 g/mol. The van der Waals surface area contributed by atoms with Crippen LogP contribution in [0.25, 0.3) is 0 Å². The minimum Gasteiger partial charge on any atom is -0.318 e. The Bertz CT molecular complexity index is 577. The molecule has 0 aromatic heterocycles. The van der Waals surface area contributed by atoms with Gasteiger partial charge in [-0.1, -0.05) is 75.5 Å². The second-order valence-corrected chi connectivity index (χ2v) is 9.78. The van der Waals surface area contributed by atoms with Gasteiger partial charge in [-0.25, -0.2) is 0 Å². The van der Waals surface area contributed by atoms with Crippen molar-refractivity contribution in [2.45, 2.75) is 85.0 Å². The van der Waals surface area contributed by atoms with Gasteiger partial charge in [-0.15, -0.1) is 0 Å². The van der Waals surface area contributed by atoms with E-state index in [0.29, 0.717) is 11.7 Å². The van der Waals surface area contributed by atoms with Crippen molar-refractivity contribution in [3.63, 3.8) is 0 Å². The fourth-order valence-electron chi connectivity index (χ4n) is 4.34. The van der Waals surface area contributed by atoms with Crippen molar-refractivity contribution >= 4 is 13.3 Å². The molecule has 1 unspecified atom stereocenters. The molecule has 1 aromatic rings. The lowest BCUT2D eigenvalue weighted by Crippen LogP contribution is -2.05. The number of carbonyl (C=O) groups excluding carboxylic acids is 1. The van der Waals surface area contributed by atoms with Gasteiger partial charge in [0.25, 0.3) is 0 Å². The zero-order valence-corrected chi connectivity index (χ0v) is 17.3. The number of aryl methyl sites for hydroxylation is 3. The number of unbranched alkanes of at least 4 members (excludes halogenated alkanes) is 3. The van der Waals surface area contributed by atoms with E-state index in [1.54, 1.807) is 0 Å². The molecule has 25 heavy (non-hydrogen) atoms. The van der Waals surface area contributed by atoms with Gasteiger partial charge in [0.05, 0.1) is 0 Å². The van der Waals surface area contributed by atoms with Gasteiger partial charge in [-0.2, -0.15) is 0 Å². The van der Waals surface area contributed by atoms with Crippen LogP contribution in [0.5, 0.6) is 0 Å². The second kappa shape index (κ2) is 10.3. The third kappa shape index (κ3) is 6.41. The first-order valence-corrected chi connectivity index (χ1v) is 11.8. The van der Waals surface area contributed by atoms with Crippen LogP contribution >= 0.6 is 7.80 Å². The summed E-state index contributed by atoms with van der Waals surface area (Å²) in [7, 11) is -2.17. The van der Waals surface area contributed by atoms with E-state index in [1.165, 1.54) is 51.4 Å². The van der Waals surface area contributed by atoms with Crippen molar-refractivity contribution in [1.82, 2.24) is 0 Å². The minimum atomic E-state index is -2.17. The lowest BCUT2D eigenvalue weighted by molar-refractivity contribution is 0.107. The number of hydrogen-bond donors (Lipinski definition) is 0. The van der Waals surface area contributed by atoms with E-state index in [-0.39, 0.29) is 5.52 Å². The van der Waals surface area contributed by atoms with Crippen molar-refractivity contribution < 1.29 is 9.36 Å². The summed E-state index contributed by atoms with van der Waals surface area (Å²) in [5, 5.41) is 0. The van der Waals surface area contributed by atoms with Crippen LogP contribution in [0.4, 0.5) is 0 Å². The Morgan fingerprint density at radius 2 is 1.56 bits per heavy atom. The Labute approximate surface area is 154 Å². The van der Waals surface area contributed by atoms with Crippen molar-refractivity contribution in [3.8, 4) is 0 Å². The molecule has 140 valence electrons. The Morgan fingerprint density at radius 1 is 0.960 bits per heavy atom. The molecule has 3 heteroatoms. The van der Waals surface area contributed by atoms with Gasteiger partial charge in [0, 0.05) is 11.7 Å². The Balaban J connectivity index is 1.69. The van der Waals surface area contributed by atoms with Crippen LogP contribution in [0.1, 0.15) is 91.3 Å². The first kappa shape index (κ1) is 20.4. The van der Waals surface area contributed by atoms with Crippen LogP contribution < -0.4 is 0 Å². The van der Waals surface area contributed by atoms with E-state index in [9.17, 15) is 9.36 Å². The van der Waals surface area contributed by atoms with E-state index >= 15 is 0 Å². The predicted molar refractivity (Wildman–Crippen MR) is 109 cm³/mol.